The summed E-state index contributed by atoms with van der Waals surface area (Å²) in [6, 6.07) is 11.9. The van der Waals surface area contributed by atoms with E-state index in [9.17, 15) is 14.7 Å². The second-order valence-corrected chi connectivity index (χ2v) is 8.76. The van der Waals surface area contributed by atoms with Crippen LogP contribution in [0.3, 0.4) is 0 Å². The van der Waals surface area contributed by atoms with E-state index in [1.807, 2.05) is 32.0 Å². The predicted molar refractivity (Wildman–Crippen MR) is 136 cm³/mol. The third-order valence-electron chi connectivity index (χ3n) is 5.55. The van der Waals surface area contributed by atoms with Gasteiger partial charge in [0.1, 0.15) is 11.8 Å². The minimum absolute atomic E-state index is 0.141. The molecule has 0 aliphatic carbocycles. The van der Waals surface area contributed by atoms with Crippen LogP contribution >= 0.6 is 11.8 Å². The molecule has 2 amide bonds. The van der Waals surface area contributed by atoms with Crippen LogP contribution in [-0.2, 0) is 17.8 Å². The van der Waals surface area contributed by atoms with Crippen molar-refractivity contribution in [3.05, 3.63) is 65.0 Å². The van der Waals surface area contributed by atoms with Crippen LogP contribution in [0.1, 0.15) is 47.2 Å². The molecule has 0 radical (unpaired) electrons. The molecule has 1 aromatic heterocycles. The smallest absolute Gasteiger partial charge is 0.251 e. The number of aliphatic hydroxyl groups is 1. The van der Waals surface area contributed by atoms with Crippen LogP contribution < -0.4 is 15.4 Å². The maximum Gasteiger partial charge on any atom is 0.251 e. The summed E-state index contributed by atoms with van der Waals surface area (Å²) in [6.07, 6.45) is 0.822. The van der Waals surface area contributed by atoms with Crippen LogP contribution in [0, 0.1) is 6.92 Å². The standard InChI is InChI=1S/C25H31N5O4S/c1-5-17-9-7-8-16(3)22(17)27-21(32)15-35-25-29-28-23(30(25)6-2)20(14-31)26-24(33)18-10-12-19(34-4)13-11-18/h7-13,20,31H,5-6,14-15H2,1-4H3,(H,26,33)(H,27,32). The molecule has 1 atom stereocenters. The second kappa shape index (κ2) is 12.4. The van der Waals surface area contributed by atoms with Gasteiger partial charge in [-0.25, -0.2) is 0 Å². The Bertz CT molecular complexity index is 1160. The van der Waals surface area contributed by atoms with Gasteiger partial charge in [0, 0.05) is 17.8 Å². The maximum absolute atomic E-state index is 12.7. The molecule has 186 valence electrons. The van der Waals surface area contributed by atoms with Crippen molar-refractivity contribution in [2.75, 3.05) is 24.8 Å². The predicted octanol–water partition coefficient (Wildman–Crippen LogP) is 3.37. The molecule has 3 N–H and O–H groups in total. The molecule has 0 spiro atoms. The summed E-state index contributed by atoms with van der Waals surface area (Å²) in [5.41, 5.74) is 3.38. The highest BCUT2D eigenvalue weighted by Crippen LogP contribution is 2.24. The Morgan fingerprint density at radius 1 is 1.14 bits per heavy atom. The minimum atomic E-state index is -0.751. The number of aryl methyl sites for hydroxylation is 2. The molecule has 0 aliphatic heterocycles. The number of rotatable bonds is 11. The fraction of sp³-hybridized carbons (Fsp3) is 0.360. The monoisotopic (exact) mass is 497 g/mol. The lowest BCUT2D eigenvalue weighted by Gasteiger charge is -2.17. The number of carbonyl (C=O) groups is 2. The van der Waals surface area contributed by atoms with Gasteiger partial charge in [0.2, 0.25) is 5.91 Å². The molecule has 1 heterocycles. The summed E-state index contributed by atoms with van der Waals surface area (Å²) < 4.78 is 6.91. The molecule has 3 rings (SSSR count). The fourth-order valence-corrected chi connectivity index (χ4v) is 4.45. The number of nitrogens with one attached hydrogen (secondary N) is 2. The van der Waals surface area contributed by atoms with E-state index >= 15 is 0 Å². The van der Waals surface area contributed by atoms with Crippen molar-refractivity contribution in [2.45, 2.75) is 44.9 Å². The number of aliphatic hydroxyl groups excluding tert-OH is 1. The van der Waals surface area contributed by atoms with Crippen LogP contribution in [0.15, 0.2) is 47.6 Å². The molecule has 0 bridgehead atoms. The number of thioether (sulfide) groups is 1. The molecule has 2 aromatic carbocycles. The van der Waals surface area contributed by atoms with Gasteiger partial charge in [-0.05, 0) is 55.7 Å². The van der Waals surface area contributed by atoms with Crippen molar-refractivity contribution in [3.8, 4) is 5.75 Å². The normalized spacial score (nSPS) is 11.7. The van der Waals surface area contributed by atoms with Crippen molar-refractivity contribution < 1.29 is 19.4 Å². The molecule has 0 saturated heterocycles. The van der Waals surface area contributed by atoms with Crippen molar-refractivity contribution in [2.24, 2.45) is 0 Å². The molecule has 0 saturated carbocycles. The van der Waals surface area contributed by atoms with E-state index in [1.54, 1.807) is 35.9 Å². The van der Waals surface area contributed by atoms with Crippen LogP contribution in [0.4, 0.5) is 5.69 Å². The fourth-order valence-electron chi connectivity index (χ4n) is 3.65. The zero-order valence-electron chi connectivity index (χ0n) is 20.4. The first-order chi connectivity index (χ1) is 16.9. The summed E-state index contributed by atoms with van der Waals surface area (Å²) >= 11 is 1.26. The van der Waals surface area contributed by atoms with Crippen molar-refractivity contribution >= 4 is 29.3 Å². The number of aromatic nitrogens is 3. The zero-order chi connectivity index (χ0) is 25.4. The molecule has 10 heteroatoms. The minimum Gasteiger partial charge on any atom is -0.497 e. The molecule has 3 aromatic rings. The zero-order valence-corrected chi connectivity index (χ0v) is 21.2. The summed E-state index contributed by atoms with van der Waals surface area (Å²) in [5.74, 6) is 0.725. The summed E-state index contributed by atoms with van der Waals surface area (Å²) in [7, 11) is 1.55. The van der Waals surface area contributed by atoms with Gasteiger partial charge in [0.05, 0.1) is 19.5 Å². The van der Waals surface area contributed by atoms with Gasteiger partial charge in [0.25, 0.3) is 5.91 Å². The molecular weight excluding hydrogens is 466 g/mol. The van der Waals surface area contributed by atoms with Crippen molar-refractivity contribution in [1.29, 1.82) is 0 Å². The van der Waals surface area contributed by atoms with Gasteiger partial charge in [0.15, 0.2) is 11.0 Å². The topological polar surface area (TPSA) is 118 Å². The number of hydrogen-bond donors (Lipinski definition) is 3. The van der Waals surface area contributed by atoms with Crippen LogP contribution in [0.5, 0.6) is 5.75 Å². The van der Waals surface area contributed by atoms with Gasteiger partial charge in [-0.1, -0.05) is 36.9 Å². The van der Waals surface area contributed by atoms with Gasteiger partial charge in [-0.3, -0.25) is 9.59 Å². The van der Waals surface area contributed by atoms with E-state index in [0.717, 1.165) is 23.2 Å². The number of amides is 2. The van der Waals surface area contributed by atoms with Crippen molar-refractivity contribution in [3.63, 3.8) is 0 Å². The van der Waals surface area contributed by atoms with Gasteiger partial charge in [-0.15, -0.1) is 10.2 Å². The molecule has 1 unspecified atom stereocenters. The third-order valence-corrected chi connectivity index (χ3v) is 6.52. The van der Waals surface area contributed by atoms with Crippen molar-refractivity contribution in [1.82, 2.24) is 20.1 Å². The van der Waals surface area contributed by atoms with Gasteiger partial charge >= 0.3 is 0 Å². The lowest BCUT2D eigenvalue weighted by Crippen LogP contribution is -2.32. The summed E-state index contributed by atoms with van der Waals surface area (Å²) in [6.45, 7) is 6.10. The highest BCUT2D eigenvalue weighted by molar-refractivity contribution is 7.99. The maximum atomic E-state index is 12.7. The number of ether oxygens (including phenoxy) is 1. The van der Waals surface area contributed by atoms with Crippen LogP contribution in [0.25, 0.3) is 0 Å². The summed E-state index contributed by atoms with van der Waals surface area (Å²) in [5, 5.41) is 24.7. The first-order valence-corrected chi connectivity index (χ1v) is 12.4. The van der Waals surface area contributed by atoms with E-state index in [4.69, 9.17) is 4.74 Å². The first-order valence-electron chi connectivity index (χ1n) is 11.4. The second-order valence-electron chi connectivity index (χ2n) is 7.82. The number of hydrogen-bond acceptors (Lipinski definition) is 7. The Balaban J connectivity index is 1.68. The summed E-state index contributed by atoms with van der Waals surface area (Å²) in [4.78, 5) is 25.3. The molecule has 9 nitrogen and oxygen atoms in total. The number of anilines is 1. The van der Waals surface area contributed by atoms with Gasteiger partial charge in [-0.2, -0.15) is 0 Å². The Morgan fingerprint density at radius 3 is 2.51 bits per heavy atom. The molecule has 0 fully saturated rings. The molecule has 35 heavy (non-hydrogen) atoms. The van der Waals surface area contributed by atoms with E-state index in [2.05, 4.69) is 27.8 Å². The number of carbonyl (C=O) groups excluding carboxylic acids is 2. The number of benzene rings is 2. The van der Waals surface area contributed by atoms with Crippen LogP contribution in [-0.4, -0.2) is 51.2 Å². The lowest BCUT2D eigenvalue weighted by atomic mass is 10.1. The number of nitrogens with zero attached hydrogens (tertiary/aromatic N) is 3. The van der Waals surface area contributed by atoms with Crippen LogP contribution in [0.2, 0.25) is 0 Å². The Labute approximate surface area is 209 Å². The Hall–Kier alpha value is -3.37. The van der Waals surface area contributed by atoms with E-state index in [1.165, 1.54) is 11.8 Å². The quantitative estimate of drug-likeness (QED) is 0.348. The Kier molecular flexibility index (Phi) is 9.27. The molecular formula is C25H31N5O4S. The highest BCUT2D eigenvalue weighted by Gasteiger charge is 2.23. The highest BCUT2D eigenvalue weighted by atomic mass is 32.2. The average molecular weight is 498 g/mol. The molecule has 0 aliphatic rings. The Morgan fingerprint density at radius 2 is 1.89 bits per heavy atom. The van der Waals surface area contributed by atoms with Gasteiger partial charge < -0.3 is 25.0 Å². The van der Waals surface area contributed by atoms with E-state index in [0.29, 0.717) is 28.8 Å². The van der Waals surface area contributed by atoms with E-state index in [-0.39, 0.29) is 24.2 Å². The largest absolute Gasteiger partial charge is 0.497 e. The number of methoxy groups -OCH3 is 1. The van der Waals surface area contributed by atoms with E-state index < -0.39 is 6.04 Å². The number of para-hydroxylation sites is 1. The lowest BCUT2D eigenvalue weighted by molar-refractivity contribution is -0.113. The third kappa shape index (κ3) is 6.40. The first kappa shape index (κ1) is 26.2. The SMILES string of the molecule is CCc1cccc(C)c1NC(=O)CSc1nnc(C(CO)NC(=O)c2ccc(OC)cc2)n1CC. The average Bonchev–Trinajstić information content (AvgIpc) is 3.29.